The SMILES string of the molecule is Cc1cc(F)c(NC(=O)N(C)CC(=O)O)cc1F. The molecule has 2 N–H and O–H groups in total. The van der Waals surface area contributed by atoms with Crippen LogP contribution in [0.4, 0.5) is 19.3 Å². The van der Waals surface area contributed by atoms with Crippen molar-refractivity contribution in [2.75, 3.05) is 18.9 Å². The molecule has 1 aromatic rings. The molecule has 0 atom stereocenters. The third-order valence-corrected chi connectivity index (χ3v) is 2.21. The molecule has 0 aliphatic carbocycles. The Morgan fingerprint density at radius 1 is 1.33 bits per heavy atom. The van der Waals surface area contributed by atoms with Gasteiger partial charge in [-0.3, -0.25) is 4.79 Å². The number of aliphatic carboxylic acids is 1. The van der Waals surface area contributed by atoms with Gasteiger partial charge in [-0.2, -0.15) is 0 Å². The van der Waals surface area contributed by atoms with Crippen LogP contribution in [0.2, 0.25) is 0 Å². The zero-order valence-electron chi connectivity index (χ0n) is 9.83. The van der Waals surface area contributed by atoms with Crippen molar-refractivity contribution in [2.24, 2.45) is 0 Å². The van der Waals surface area contributed by atoms with Crippen LogP contribution in [-0.4, -0.2) is 35.6 Å². The van der Waals surface area contributed by atoms with Crippen molar-refractivity contribution in [3.63, 3.8) is 0 Å². The second-order valence-electron chi connectivity index (χ2n) is 3.76. The van der Waals surface area contributed by atoms with E-state index in [1.165, 1.54) is 14.0 Å². The minimum Gasteiger partial charge on any atom is -0.480 e. The van der Waals surface area contributed by atoms with Crippen molar-refractivity contribution >= 4 is 17.7 Å². The first kappa shape index (κ1) is 13.9. The molecule has 0 unspecified atom stereocenters. The summed E-state index contributed by atoms with van der Waals surface area (Å²) in [5.41, 5.74) is -0.218. The molecule has 5 nitrogen and oxygen atoms in total. The fraction of sp³-hybridized carbons (Fsp3) is 0.273. The highest BCUT2D eigenvalue weighted by molar-refractivity contribution is 5.91. The number of anilines is 1. The molecule has 0 bridgehead atoms. The van der Waals surface area contributed by atoms with Gasteiger partial charge < -0.3 is 15.3 Å². The summed E-state index contributed by atoms with van der Waals surface area (Å²) in [6, 6.07) is 0.957. The molecule has 0 fully saturated rings. The summed E-state index contributed by atoms with van der Waals surface area (Å²) in [6.07, 6.45) is 0. The number of carbonyl (C=O) groups is 2. The number of halogens is 2. The standard InChI is InChI=1S/C11H12F2N2O3/c1-6-3-8(13)9(4-7(6)12)14-11(18)15(2)5-10(16)17/h3-4H,5H2,1-2H3,(H,14,18)(H,16,17). The maximum absolute atomic E-state index is 13.4. The van der Waals surface area contributed by atoms with Crippen molar-refractivity contribution in [3.8, 4) is 0 Å². The summed E-state index contributed by atoms with van der Waals surface area (Å²) in [4.78, 5) is 22.7. The maximum Gasteiger partial charge on any atom is 0.323 e. The molecule has 0 saturated carbocycles. The number of aryl methyl sites for hydroxylation is 1. The Bertz CT molecular complexity index is 491. The number of likely N-dealkylation sites (N-methyl/N-ethyl adjacent to an activating group) is 1. The Kier molecular flexibility index (Phi) is 4.19. The number of urea groups is 1. The lowest BCUT2D eigenvalue weighted by molar-refractivity contribution is -0.137. The number of nitrogens with zero attached hydrogens (tertiary/aromatic N) is 1. The fourth-order valence-corrected chi connectivity index (χ4v) is 1.23. The molecular weight excluding hydrogens is 246 g/mol. The van der Waals surface area contributed by atoms with Gasteiger partial charge in [0.15, 0.2) is 0 Å². The van der Waals surface area contributed by atoms with Gasteiger partial charge in [-0.1, -0.05) is 0 Å². The van der Waals surface area contributed by atoms with Gasteiger partial charge in [-0.25, -0.2) is 13.6 Å². The third kappa shape index (κ3) is 3.41. The van der Waals surface area contributed by atoms with Gasteiger partial charge in [0.1, 0.15) is 18.2 Å². The zero-order chi connectivity index (χ0) is 13.9. The van der Waals surface area contributed by atoms with E-state index in [-0.39, 0.29) is 11.3 Å². The summed E-state index contributed by atoms with van der Waals surface area (Å²) in [5, 5.41) is 10.6. The molecule has 0 aliphatic rings. The lowest BCUT2D eigenvalue weighted by Gasteiger charge is -2.16. The molecule has 1 aromatic carbocycles. The van der Waals surface area contributed by atoms with Gasteiger partial charge in [0, 0.05) is 13.1 Å². The molecule has 0 saturated heterocycles. The highest BCUT2D eigenvalue weighted by atomic mass is 19.1. The Balaban J connectivity index is 2.82. The fourth-order valence-electron chi connectivity index (χ4n) is 1.23. The average molecular weight is 258 g/mol. The monoisotopic (exact) mass is 258 g/mol. The molecule has 1 rings (SSSR count). The number of nitrogens with one attached hydrogen (secondary N) is 1. The second-order valence-corrected chi connectivity index (χ2v) is 3.76. The van der Waals surface area contributed by atoms with Gasteiger partial charge in [-0.05, 0) is 18.6 Å². The lowest BCUT2D eigenvalue weighted by atomic mass is 10.2. The predicted molar refractivity (Wildman–Crippen MR) is 60.4 cm³/mol. The number of hydrogen-bond acceptors (Lipinski definition) is 2. The van der Waals surface area contributed by atoms with Crippen LogP contribution in [0, 0.1) is 18.6 Å². The van der Waals surface area contributed by atoms with E-state index in [2.05, 4.69) is 5.32 Å². The van der Waals surface area contributed by atoms with E-state index in [0.717, 1.165) is 17.0 Å². The summed E-state index contributed by atoms with van der Waals surface area (Å²) in [5.74, 6) is -2.65. The van der Waals surface area contributed by atoms with E-state index < -0.39 is 30.2 Å². The highest BCUT2D eigenvalue weighted by Gasteiger charge is 2.15. The maximum atomic E-state index is 13.4. The minimum atomic E-state index is -1.21. The molecule has 18 heavy (non-hydrogen) atoms. The van der Waals surface area contributed by atoms with Crippen LogP contribution in [0.1, 0.15) is 5.56 Å². The Hall–Kier alpha value is -2.18. The average Bonchev–Trinajstić information content (AvgIpc) is 2.24. The van der Waals surface area contributed by atoms with Crippen molar-refractivity contribution in [3.05, 3.63) is 29.3 Å². The topological polar surface area (TPSA) is 69.6 Å². The summed E-state index contributed by atoms with van der Waals surface area (Å²) < 4.78 is 26.6. The third-order valence-electron chi connectivity index (χ3n) is 2.21. The van der Waals surface area contributed by atoms with Gasteiger partial charge >= 0.3 is 12.0 Å². The minimum absolute atomic E-state index is 0.115. The van der Waals surface area contributed by atoms with E-state index in [9.17, 15) is 18.4 Å². The van der Waals surface area contributed by atoms with E-state index in [0.29, 0.717) is 0 Å². The zero-order valence-corrected chi connectivity index (χ0v) is 9.83. The van der Waals surface area contributed by atoms with E-state index >= 15 is 0 Å². The largest absolute Gasteiger partial charge is 0.480 e. The van der Waals surface area contributed by atoms with Crippen molar-refractivity contribution in [1.29, 1.82) is 0 Å². The van der Waals surface area contributed by atoms with Crippen LogP contribution in [0.25, 0.3) is 0 Å². The van der Waals surface area contributed by atoms with Crippen molar-refractivity contribution in [2.45, 2.75) is 6.92 Å². The molecule has 7 heteroatoms. The molecular formula is C11H12F2N2O3. The van der Waals surface area contributed by atoms with E-state index in [1.807, 2.05) is 0 Å². The Morgan fingerprint density at radius 3 is 2.50 bits per heavy atom. The summed E-state index contributed by atoms with van der Waals surface area (Å²) in [7, 11) is 1.23. The van der Waals surface area contributed by atoms with Crippen LogP contribution in [0.3, 0.4) is 0 Å². The number of carboxylic acids is 1. The number of benzene rings is 1. The van der Waals surface area contributed by atoms with E-state index in [4.69, 9.17) is 5.11 Å². The molecule has 0 aliphatic heterocycles. The molecule has 0 heterocycles. The molecule has 2 amide bonds. The smallest absolute Gasteiger partial charge is 0.323 e. The number of rotatable bonds is 3. The number of hydrogen-bond donors (Lipinski definition) is 2. The van der Waals surface area contributed by atoms with Crippen molar-refractivity contribution < 1.29 is 23.5 Å². The van der Waals surface area contributed by atoms with Gasteiger partial charge in [0.2, 0.25) is 0 Å². The first-order valence-corrected chi connectivity index (χ1v) is 5.01. The van der Waals surface area contributed by atoms with Crippen LogP contribution < -0.4 is 5.32 Å². The number of carbonyl (C=O) groups excluding carboxylic acids is 1. The Labute approximate surface area is 102 Å². The normalized spacial score (nSPS) is 10.0. The first-order chi connectivity index (χ1) is 8.31. The second kappa shape index (κ2) is 5.44. The van der Waals surface area contributed by atoms with Crippen LogP contribution in [0.15, 0.2) is 12.1 Å². The molecule has 0 spiro atoms. The van der Waals surface area contributed by atoms with Crippen LogP contribution in [0.5, 0.6) is 0 Å². The first-order valence-electron chi connectivity index (χ1n) is 5.01. The quantitative estimate of drug-likeness (QED) is 0.868. The predicted octanol–water partition coefficient (Wildman–Crippen LogP) is 1.82. The van der Waals surface area contributed by atoms with Gasteiger partial charge in [0.05, 0.1) is 5.69 Å². The molecule has 0 radical (unpaired) electrons. The summed E-state index contributed by atoms with van der Waals surface area (Å²) >= 11 is 0. The summed E-state index contributed by atoms with van der Waals surface area (Å²) in [6.45, 7) is 0.850. The highest BCUT2D eigenvalue weighted by Crippen LogP contribution is 2.19. The van der Waals surface area contributed by atoms with Crippen LogP contribution in [-0.2, 0) is 4.79 Å². The van der Waals surface area contributed by atoms with E-state index in [1.54, 1.807) is 0 Å². The number of carboxylic acid groups (broad SMARTS) is 1. The van der Waals surface area contributed by atoms with Gasteiger partial charge in [-0.15, -0.1) is 0 Å². The molecule has 98 valence electrons. The lowest BCUT2D eigenvalue weighted by Crippen LogP contribution is -2.35. The van der Waals surface area contributed by atoms with Crippen LogP contribution >= 0.6 is 0 Å². The Morgan fingerprint density at radius 2 is 1.94 bits per heavy atom. The van der Waals surface area contributed by atoms with Gasteiger partial charge in [0.25, 0.3) is 0 Å². The number of amides is 2. The van der Waals surface area contributed by atoms with Crippen molar-refractivity contribution in [1.82, 2.24) is 4.90 Å². The molecule has 0 aromatic heterocycles.